The van der Waals surface area contributed by atoms with Gasteiger partial charge in [0.15, 0.2) is 6.61 Å². The summed E-state index contributed by atoms with van der Waals surface area (Å²) >= 11 is 0.823. The number of carbonyl (C=O) groups excluding carboxylic acids is 3. The van der Waals surface area contributed by atoms with E-state index in [4.69, 9.17) is 4.74 Å². The number of nitro benzene ring substituents is 1. The van der Waals surface area contributed by atoms with Crippen molar-refractivity contribution in [2.24, 2.45) is 0 Å². The molecular formula is C20H16N2O7S. The van der Waals surface area contributed by atoms with Crippen LogP contribution in [0.2, 0.25) is 0 Å². The highest BCUT2D eigenvalue weighted by molar-refractivity contribution is 8.18. The lowest BCUT2D eigenvalue weighted by Gasteiger charge is -2.12. The number of ether oxygens (including phenoxy) is 2. The fraction of sp³-hybridized carbons (Fsp3) is 0.150. The van der Waals surface area contributed by atoms with Gasteiger partial charge >= 0.3 is 5.97 Å². The molecule has 154 valence electrons. The molecule has 1 fully saturated rings. The molecule has 2 aromatic carbocycles. The first kappa shape index (κ1) is 21.1. The van der Waals surface area contributed by atoms with Crippen molar-refractivity contribution in [2.75, 3.05) is 13.7 Å². The fourth-order valence-electron chi connectivity index (χ4n) is 2.55. The van der Waals surface area contributed by atoms with E-state index in [2.05, 4.69) is 4.74 Å². The van der Waals surface area contributed by atoms with Crippen LogP contribution in [0.5, 0.6) is 5.75 Å². The monoisotopic (exact) mass is 428 g/mol. The largest absolute Gasteiger partial charge is 0.482 e. The van der Waals surface area contributed by atoms with Gasteiger partial charge in [-0.05, 0) is 41.1 Å². The Morgan fingerprint density at radius 2 is 1.80 bits per heavy atom. The van der Waals surface area contributed by atoms with Crippen molar-refractivity contribution in [3.63, 3.8) is 0 Å². The summed E-state index contributed by atoms with van der Waals surface area (Å²) in [7, 11) is 1.27. The summed E-state index contributed by atoms with van der Waals surface area (Å²) in [5, 5.41) is 10.3. The second-order valence-corrected chi connectivity index (χ2v) is 7.12. The number of carbonyl (C=O) groups is 3. The summed E-state index contributed by atoms with van der Waals surface area (Å²) in [6, 6.07) is 12.3. The number of hydrogen-bond donors (Lipinski definition) is 0. The minimum absolute atomic E-state index is 0.0281. The third-order valence-corrected chi connectivity index (χ3v) is 5.03. The topological polar surface area (TPSA) is 116 Å². The van der Waals surface area contributed by atoms with E-state index in [-0.39, 0.29) is 23.7 Å². The molecule has 0 radical (unpaired) electrons. The Morgan fingerprint density at radius 3 is 2.40 bits per heavy atom. The van der Waals surface area contributed by atoms with Crippen LogP contribution >= 0.6 is 11.8 Å². The van der Waals surface area contributed by atoms with Gasteiger partial charge in [-0.15, -0.1) is 0 Å². The Hall–Kier alpha value is -3.66. The van der Waals surface area contributed by atoms with Crippen molar-refractivity contribution < 1.29 is 28.8 Å². The Labute approximate surface area is 175 Å². The van der Waals surface area contributed by atoms with Gasteiger partial charge in [0, 0.05) is 12.1 Å². The van der Waals surface area contributed by atoms with Crippen LogP contribution in [0.15, 0.2) is 53.4 Å². The smallest absolute Gasteiger partial charge is 0.343 e. The number of imide groups is 1. The number of hydrogen-bond acceptors (Lipinski definition) is 8. The predicted octanol–water partition coefficient (Wildman–Crippen LogP) is 3.38. The van der Waals surface area contributed by atoms with Crippen molar-refractivity contribution in [3.05, 3.63) is 74.7 Å². The van der Waals surface area contributed by atoms with E-state index in [0.717, 1.165) is 16.7 Å². The second kappa shape index (κ2) is 9.23. The Balaban J connectivity index is 1.67. The first-order chi connectivity index (χ1) is 14.4. The first-order valence-electron chi connectivity index (χ1n) is 8.66. The quantitative estimate of drug-likeness (QED) is 0.285. The average Bonchev–Trinajstić information content (AvgIpc) is 3.00. The number of nitro groups is 1. The minimum Gasteiger partial charge on any atom is -0.482 e. The molecule has 1 heterocycles. The summed E-state index contributed by atoms with van der Waals surface area (Å²) in [6.07, 6.45) is 1.59. The molecule has 0 saturated carbocycles. The van der Waals surface area contributed by atoms with Gasteiger partial charge in [-0.1, -0.05) is 24.3 Å². The average molecular weight is 428 g/mol. The molecule has 30 heavy (non-hydrogen) atoms. The number of nitrogens with zero attached hydrogens (tertiary/aromatic N) is 2. The fourth-order valence-corrected chi connectivity index (χ4v) is 3.39. The van der Waals surface area contributed by atoms with Gasteiger partial charge in [0.05, 0.1) is 23.5 Å². The molecule has 0 N–H and O–H groups in total. The van der Waals surface area contributed by atoms with Gasteiger partial charge in [0.25, 0.3) is 16.8 Å². The number of amides is 2. The standard InChI is InChI=1S/C20H16N2O7S/c1-28-18(23)12-29-16-8-4-13(5-9-16)10-17-19(24)21(20(25)30-17)11-14-2-6-15(7-3-14)22(26)27/h2-10H,11-12H2,1H3/b17-10-. The maximum absolute atomic E-state index is 12.6. The third kappa shape index (κ3) is 5.03. The molecule has 9 nitrogen and oxygen atoms in total. The van der Waals surface area contributed by atoms with E-state index < -0.39 is 22.0 Å². The molecule has 0 aromatic heterocycles. The maximum Gasteiger partial charge on any atom is 0.343 e. The van der Waals surface area contributed by atoms with Crippen molar-refractivity contribution in [2.45, 2.75) is 6.54 Å². The molecule has 2 amide bonds. The van der Waals surface area contributed by atoms with Gasteiger partial charge in [-0.2, -0.15) is 0 Å². The molecule has 0 bridgehead atoms. The van der Waals surface area contributed by atoms with E-state index in [1.54, 1.807) is 30.3 Å². The van der Waals surface area contributed by atoms with E-state index in [9.17, 15) is 24.5 Å². The van der Waals surface area contributed by atoms with Crippen LogP contribution in [0, 0.1) is 10.1 Å². The van der Waals surface area contributed by atoms with E-state index in [1.165, 1.54) is 31.4 Å². The molecule has 10 heteroatoms. The first-order valence-corrected chi connectivity index (χ1v) is 9.47. The zero-order valence-corrected chi connectivity index (χ0v) is 16.6. The molecule has 1 aliphatic rings. The van der Waals surface area contributed by atoms with Gasteiger partial charge in [0.1, 0.15) is 5.75 Å². The lowest BCUT2D eigenvalue weighted by atomic mass is 10.2. The summed E-state index contributed by atoms with van der Waals surface area (Å²) in [5.41, 5.74) is 1.23. The van der Waals surface area contributed by atoms with Crippen LogP contribution in [0.1, 0.15) is 11.1 Å². The van der Waals surface area contributed by atoms with Crippen molar-refractivity contribution in [1.29, 1.82) is 0 Å². The van der Waals surface area contributed by atoms with Crippen LogP contribution in [0.4, 0.5) is 10.5 Å². The molecule has 0 aliphatic carbocycles. The number of non-ortho nitro benzene ring substituents is 1. The normalized spacial score (nSPS) is 14.8. The van der Waals surface area contributed by atoms with E-state index in [1.807, 2.05) is 0 Å². The third-order valence-electron chi connectivity index (χ3n) is 4.12. The molecule has 1 saturated heterocycles. The highest BCUT2D eigenvalue weighted by Gasteiger charge is 2.35. The molecule has 3 rings (SSSR count). The summed E-state index contributed by atoms with van der Waals surface area (Å²) in [6.45, 7) is -0.183. The molecule has 0 unspecified atom stereocenters. The van der Waals surface area contributed by atoms with Crippen molar-refractivity contribution in [3.8, 4) is 5.75 Å². The van der Waals surface area contributed by atoms with Gasteiger partial charge in [-0.25, -0.2) is 4.79 Å². The number of rotatable bonds is 7. The minimum atomic E-state index is -0.515. The molecule has 1 aliphatic heterocycles. The van der Waals surface area contributed by atoms with Crippen molar-refractivity contribution in [1.82, 2.24) is 4.90 Å². The lowest BCUT2D eigenvalue weighted by Crippen LogP contribution is -2.27. The molecule has 0 spiro atoms. The number of methoxy groups -OCH3 is 1. The SMILES string of the molecule is COC(=O)COc1ccc(/C=C2\SC(=O)N(Cc3ccc([N+](=O)[O-])cc3)C2=O)cc1. The molecule has 0 atom stereocenters. The van der Waals surface area contributed by atoms with Gasteiger partial charge < -0.3 is 9.47 Å². The van der Waals surface area contributed by atoms with Gasteiger partial charge in [-0.3, -0.25) is 24.6 Å². The Bertz CT molecular complexity index is 1020. The molecular weight excluding hydrogens is 412 g/mol. The zero-order chi connectivity index (χ0) is 21.7. The van der Waals surface area contributed by atoms with Crippen LogP contribution in [-0.4, -0.2) is 40.7 Å². The zero-order valence-electron chi connectivity index (χ0n) is 15.8. The Kier molecular flexibility index (Phi) is 6.48. The van der Waals surface area contributed by atoms with Crippen LogP contribution in [-0.2, 0) is 20.9 Å². The van der Waals surface area contributed by atoms with E-state index >= 15 is 0 Å². The second-order valence-electron chi connectivity index (χ2n) is 6.13. The Morgan fingerprint density at radius 1 is 1.13 bits per heavy atom. The summed E-state index contributed by atoms with van der Waals surface area (Å²) < 4.78 is 9.75. The number of benzene rings is 2. The van der Waals surface area contributed by atoms with Gasteiger partial charge in [0.2, 0.25) is 0 Å². The number of esters is 1. The van der Waals surface area contributed by atoms with E-state index in [0.29, 0.717) is 16.9 Å². The summed E-state index contributed by atoms with van der Waals surface area (Å²) in [4.78, 5) is 47.5. The van der Waals surface area contributed by atoms with Crippen LogP contribution < -0.4 is 4.74 Å². The lowest BCUT2D eigenvalue weighted by molar-refractivity contribution is -0.384. The summed E-state index contributed by atoms with van der Waals surface area (Å²) in [5.74, 6) is -0.473. The highest BCUT2D eigenvalue weighted by atomic mass is 32.2. The van der Waals surface area contributed by atoms with Crippen molar-refractivity contribution >= 4 is 40.6 Å². The predicted molar refractivity (Wildman–Crippen MR) is 109 cm³/mol. The number of thioether (sulfide) groups is 1. The van der Waals surface area contributed by atoms with Crippen LogP contribution in [0.3, 0.4) is 0 Å². The maximum atomic E-state index is 12.6. The molecule has 2 aromatic rings. The van der Waals surface area contributed by atoms with Crippen LogP contribution in [0.25, 0.3) is 6.08 Å². The highest BCUT2D eigenvalue weighted by Crippen LogP contribution is 2.33.